The van der Waals surface area contributed by atoms with Gasteiger partial charge in [-0.25, -0.2) is 0 Å². The van der Waals surface area contributed by atoms with Crippen LogP contribution in [-0.4, -0.2) is 11.8 Å². The third kappa shape index (κ3) is 6.66. The van der Waals surface area contributed by atoms with E-state index in [0.29, 0.717) is 0 Å². The molecule has 3 heteroatoms. The van der Waals surface area contributed by atoms with E-state index in [4.69, 9.17) is 0 Å². The predicted octanol–water partition coefficient (Wildman–Crippen LogP) is 15.5. The fraction of sp³-hybridized carbons (Fsp3) is 0.323. The van der Waals surface area contributed by atoms with Crippen molar-refractivity contribution in [2.45, 2.75) is 129 Å². The van der Waals surface area contributed by atoms with Gasteiger partial charge < -0.3 is 9.88 Å². The summed E-state index contributed by atoms with van der Waals surface area (Å²) in [4.78, 5) is 0. The standard InChI is InChI=1S/C62H64BN2/c1-11-12-13-18-38-23-29-41(30-24-38)64-53-22-17-15-20-43(53)46-33-44(39-25-27-40(28-26-39)59(2,3)4)56-47-34-50-51(61(7,8)32-31-60(50,5)6)37-54(47)65-55-35-45-42-19-14-16-21-48(42)62(9,10)49(45)36-52(55)63-57(46)58(56)65/h14-17,19-30,33-37,64H,11-13,18,31-32H2,1-10H3. The van der Waals surface area contributed by atoms with Crippen molar-refractivity contribution in [3.8, 4) is 39.1 Å². The second-order valence-electron chi connectivity index (χ2n) is 22.6. The minimum absolute atomic E-state index is 0.0572. The van der Waals surface area contributed by atoms with E-state index in [0.717, 1.165) is 17.8 Å². The van der Waals surface area contributed by atoms with Crippen LogP contribution in [0, 0.1) is 0 Å². The molecule has 1 radical (unpaired) electrons. The van der Waals surface area contributed by atoms with Crippen molar-refractivity contribution in [2.75, 3.05) is 5.32 Å². The molecule has 0 atom stereocenters. The lowest BCUT2D eigenvalue weighted by Crippen LogP contribution is -2.38. The number of para-hydroxylation sites is 1. The van der Waals surface area contributed by atoms with Gasteiger partial charge in [-0.05, 0) is 151 Å². The quantitative estimate of drug-likeness (QED) is 0.119. The maximum atomic E-state index is 3.92. The molecule has 0 amide bonds. The predicted molar refractivity (Wildman–Crippen MR) is 281 cm³/mol. The molecule has 8 aromatic rings. The number of aryl methyl sites for hydroxylation is 1. The third-order valence-corrected chi connectivity index (χ3v) is 15.9. The van der Waals surface area contributed by atoms with Crippen LogP contribution in [0.4, 0.5) is 11.4 Å². The Kier molecular flexibility index (Phi) is 9.58. The van der Waals surface area contributed by atoms with E-state index in [1.54, 1.807) is 0 Å². The highest BCUT2D eigenvalue weighted by Crippen LogP contribution is 2.53. The molecule has 0 unspecified atom stereocenters. The van der Waals surface area contributed by atoms with Crippen LogP contribution in [0.25, 0.3) is 60.9 Å². The molecule has 2 heterocycles. The van der Waals surface area contributed by atoms with Crippen molar-refractivity contribution in [2.24, 2.45) is 0 Å². The summed E-state index contributed by atoms with van der Waals surface area (Å²) in [7, 11) is 2.54. The van der Waals surface area contributed by atoms with E-state index in [-0.39, 0.29) is 21.7 Å². The largest absolute Gasteiger partial charge is 0.355 e. The SMILES string of the molecule is CCCCCc1ccc(Nc2ccccc2-c2cc(-c3ccc(C(C)(C)C)cc3)c3c4cc5c(cc4n4c3c2[B]c2cc3c(cc2-4)-c2ccccc2C3(C)C)C(C)(C)CCC5(C)C)cc1. The first-order chi connectivity index (χ1) is 31.0. The van der Waals surface area contributed by atoms with Crippen molar-refractivity contribution in [1.82, 2.24) is 4.57 Å². The number of nitrogens with zero attached hydrogens (tertiary/aromatic N) is 1. The van der Waals surface area contributed by atoms with Gasteiger partial charge in [0.2, 0.25) is 0 Å². The highest BCUT2D eigenvalue weighted by atomic mass is 15.0. The summed E-state index contributed by atoms with van der Waals surface area (Å²) in [5, 5.41) is 6.61. The Morgan fingerprint density at radius 3 is 2.00 bits per heavy atom. The molecule has 1 aromatic heterocycles. The van der Waals surface area contributed by atoms with Crippen LogP contribution < -0.4 is 16.2 Å². The Morgan fingerprint density at radius 2 is 1.29 bits per heavy atom. The number of hydrogen-bond acceptors (Lipinski definition) is 1. The van der Waals surface area contributed by atoms with Crippen LogP contribution >= 0.6 is 0 Å². The van der Waals surface area contributed by atoms with Gasteiger partial charge in [-0.1, -0.05) is 172 Å². The average molecular weight is 848 g/mol. The normalized spacial score (nSPS) is 16.2. The summed E-state index contributed by atoms with van der Waals surface area (Å²) in [6.07, 6.45) is 7.23. The van der Waals surface area contributed by atoms with E-state index in [1.807, 2.05) is 0 Å². The second-order valence-corrected chi connectivity index (χ2v) is 22.6. The maximum Gasteiger partial charge on any atom is 0.197 e. The molecule has 3 aliphatic rings. The third-order valence-electron chi connectivity index (χ3n) is 15.9. The van der Waals surface area contributed by atoms with Gasteiger partial charge in [0.05, 0.1) is 5.52 Å². The number of anilines is 2. The molecule has 2 nitrogen and oxygen atoms in total. The molecule has 0 saturated carbocycles. The van der Waals surface area contributed by atoms with E-state index >= 15 is 0 Å². The van der Waals surface area contributed by atoms with E-state index in [9.17, 15) is 0 Å². The first-order valence-corrected chi connectivity index (χ1v) is 24.5. The molecule has 65 heavy (non-hydrogen) atoms. The van der Waals surface area contributed by atoms with Crippen molar-refractivity contribution < 1.29 is 0 Å². The molecule has 325 valence electrons. The van der Waals surface area contributed by atoms with E-state index in [2.05, 4.69) is 214 Å². The average Bonchev–Trinajstić information content (AvgIpc) is 3.74. The number of fused-ring (bicyclic) bond motifs is 9. The fourth-order valence-corrected chi connectivity index (χ4v) is 11.8. The van der Waals surface area contributed by atoms with Gasteiger partial charge in [0.1, 0.15) is 0 Å². The van der Waals surface area contributed by atoms with Gasteiger partial charge >= 0.3 is 0 Å². The Labute approximate surface area is 388 Å². The van der Waals surface area contributed by atoms with E-state index < -0.39 is 0 Å². The lowest BCUT2D eigenvalue weighted by molar-refractivity contribution is 0.332. The summed E-state index contributed by atoms with van der Waals surface area (Å²) >= 11 is 0. The Balaban J connectivity index is 1.22. The molecule has 2 aliphatic carbocycles. The van der Waals surface area contributed by atoms with Crippen LogP contribution in [0.2, 0.25) is 0 Å². The van der Waals surface area contributed by atoms with Crippen LogP contribution in [0.5, 0.6) is 0 Å². The van der Waals surface area contributed by atoms with Crippen molar-refractivity contribution in [1.29, 1.82) is 0 Å². The summed E-state index contributed by atoms with van der Waals surface area (Å²) in [6, 6.07) is 49.5. The lowest BCUT2D eigenvalue weighted by Gasteiger charge is -2.42. The van der Waals surface area contributed by atoms with Gasteiger partial charge in [-0.3, -0.25) is 0 Å². The fourth-order valence-electron chi connectivity index (χ4n) is 11.8. The van der Waals surface area contributed by atoms with Gasteiger partial charge in [-0.2, -0.15) is 0 Å². The van der Waals surface area contributed by atoms with E-state index in [1.165, 1.54) is 137 Å². The number of benzene rings is 7. The molecular formula is C62H64BN2. The molecule has 1 N–H and O–H groups in total. The summed E-state index contributed by atoms with van der Waals surface area (Å²) in [6.45, 7) is 23.9. The zero-order valence-corrected chi connectivity index (χ0v) is 40.4. The first kappa shape index (κ1) is 41.9. The highest BCUT2D eigenvalue weighted by Gasteiger charge is 2.41. The molecule has 0 fully saturated rings. The number of nitrogens with one attached hydrogen (secondary N) is 1. The Hall–Kier alpha value is -5.80. The van der Waals surface area contributed by atoms with Crippen molar-refractivity contribution >= 4 is 51.4 Å². The number of unbranched alkanes of at least 4 members (excludes halogenated alkanes) is 2. The van der Waals surface area contributed by atoms with Crippen molar-refractivity contribution in [3.63, 3.8) is 0 Å². The molecule has 0 saturated heterocycles. The van der Waals surface area contributed by atoms with Crippen LogP contribution in [0.1, 0.15) is 135 Å². The number of hydrogen-bond donors (Lipinski definition) is 1. The topological polar surface area (TPSA) is 17.0 Å². The monoisotopic (exact) mass is 848 g/mol. The van der Waals surface area contributed by atoms with Crippen LogP contribution in [0.15, 0.2) is 127 Å². The van der Waals surface area contributed by atoms with Crippen LogP contribution in [0.3, 0.4) is 0 Å². The van der Waals surface area contributed by atoms with Crippen LogP contribution in [-0.2, 0) is 28.1 Å². The summed E-state index contributed by atoms with van der Waals surface area (Å²) < 4.78 is 2.69. The number of rotatable bonds is 8. The van der Waals surface area contributed by atoms with Gasteiger partial charge in [0.15, 0.2) is 7.28 Å². The van der Waals surface area contributed by atoms with Crippen molar-refractivity contribution in [3.05, 3.63) is 161 Å². The molecular weight excluding hydrogens is 784 g/mol. The highest BCUT2D eigenvalue weighted by molar-refractivity contribution is 6.73. The smallest absolute Gasteiger partial charge is 0.197 e. The lowest BCUT2D eigenvalue weighted by atomic mass is 9.58. The Morgan fingerprint density at radius 1 is 0.615 bits per heavy atom. The summed E-state index contributed by atoms with van der Waals surface area (Å²) in [5.74, 6) is 0. The summed E-state index contributed by atoms with van der Waals surface area (Å²) in [5.41, 5.74) is 25.0. The minimum atomic E-state index is -0.105. The first-order valence-electron chi connectivity index (χ1n) is 24.5. The Bertz CT molecular complexity index is 3200. The molecule has 1 aliphatic heterocycles. The zero-order chi connectivity index (χ0) is 45.2. The second kappa shape index (κ2) is 14.9. The number of aromatic nitrogens is 1. The molecule has 0 spiro atoms. The molecule has 11 rings (SSSR count). The van der Waals surface area contributed by atoms with Gasteiger partial charge in [0, 0.05) is 44.3 Å². The molecule has 0 bridgehead atoms. The molecule has 7 aromatic carbocycles. The van der Waals surface area contributed by atoms with Gasteiger partial charge in [-0.15, -0.1) is 0 Å². The zero-order valence-electron chi connectivity index (χ0n) is 40.4. The minimum Gasteiger partial charge on any atom is -0.355 e. The maximum absolute atomic E-state index is 3.92. The van der Waals surface area contributed by atoms with Gasteiger partial charge in [0.25, 0.3) is 0 Å².